The van der Waals surface area contributed by atoms with Gasteiger partial charge < -0.3 is 9.88 Å². The first-order valence-corrected chi connectivity index (χ1v) is 6.54. The standard InChI is InChI=1S/C13H21N3/c1-10-7-15-13(6-12-4-5-14-8-12)16(10)9-11-2-3-11/h7,11-12,14H,2-6,8-9H2,1H3/t12-/m0/s1. The van der Waals surface area contributed by atoms with Crippen molar-refractivity contribution in [3.8, 4) is 0 Å². The van der Waals surface area contributed by atoms with E-state index < -0.39 is 0 Å². The van der Waals surface area contributed by atoms with E-state index in [0.717, 1.165) is 18.3 Å². The third-order valence-corrected chi connectivity index (χ3v) is 3.91. The molecule has 2 heterocycles. The van der Waals surface area contributed by atoms with Crippen LogP contribution in [0.1, 0.15) is 30.8 Å². The lowest BCUT2D eigenvalue weighted by molar-refractivity contribution is 0.515. The number of imidazole rings is 1. The zero-order valence-corrected chi connectivity index (χ0v) is 10.1. The van der Waals surface area contributed by atoms with Crippen LogP contribution in [0.3, 0.4) is 0 Å². The molecule has 2 aliphatic rings. The average molecular weight is 219 g/mol. The Kier molecular flexibility index (Phi) is 2.72. The lowest BCUT2D eigenvalue weighted by atomic mass is 10.0. The zero-order valence-electron chi connectivity index (χ0n) is 10.1. The molecule has 1 aromatic rings. The van der Waals surface area contributed by atoms with Gasteiger partial charge in [0.2, 0.25) is 0 Å². The summed E-state index contributed by atoms with van der Waals surface area (Å²) < 4.78 is 2.45. The summed E-state index contributed by atoms with van der Waals surface area (Å²) in [6.07, 6.45) is 7.35. The fourth-order valence-electron chi connectivity index (χ4n) is 2.63. The van der Waals surface area contributed by atoms with Crippen LogP contribution in [0.4, 0.5) is 0 Å². The van der Waals surface area contributed by atoms with Gasteiger partial charge in [-0.15, -0.1) is 0 Å². The Labute approximate surface area is 97.3 Å². The first-order valence-electron chi connectivity index (χ1n) is 6.54. The number of nitrogens with one attached hydrogen (secondary N) is 1. The van der Waals surface area contributed by atoms with Crippen molar-refractivity contribution in [2.24, 2.45) is 11.8 Å². The monoisotopic (exact) mass is 219 g/mol. The Hall–Kier alpha value is -0.830. The number of nitrogens with zero attached hydrogens (tertiary/aromatic N) is 2. The summed E-state index contributed by atoms with van der Waals surface area (Å²) in [5.74, 6) is 3.06. The van der Waals surface area contributed by atoms with Crippen LogP contribution in [0.2, 0.25) is 0 Å². The first kappa shape index (κ1) is 10.3. The van der Waals surface area contributed by atoms with E-state index in [-0.39, 0.29) is 0 Å². The van der Waals surface area contributed by atoms with Crippen LogP contribution >= 0.6 is 0 Å². The second-order valence-corrected chi connectivity index (χ2v) is 5.43. The van der Waals surface area contributed by atoms with Crippen LogP contribution in [0.5, 0.6) is 0 Å². The Morgan fingerprint density at radius 1 is 1.38 bits per heavy atom. The molecule has 1 aliphatic heterocycles. The molecule has 16 heavy (non-hydrogen) atoms. The van der Waals surface area contributed by atoms with Crippen molar-refractivity contribution in [3.05, 3.63) is 17.7 Å². The molecule has 3 rings (SSSR count). The molecule has 0 radical (unpaired) electrons. The smallest absolute Gasteiger partial charge is 0.109 e. The van der Waals surface area contributed by atoms with Crippen molar-refractivity contribution >= 4 is 0 Å². The van der Waals surface area contributed by atoms with Crippen LogP contribution in [0.25, 0.3) is 0 Å². The fraction of sp³-hybridized carbons (Fsp3) is 0.769. The van der Waals surface area contributed by atoms with Gasteiger partial charge in [0.05, 0.1) is 0 Å². The highest BCUT2D eigenvalue weighted by atomic mass is 15.1. The number of aryl methyl sites for hydroxylation is 1. The van der Waals surface area contributed by atoms with E-state index in [2.05, 4.69) is 21.8 Å². The SMILES string of the molecule is Cc1cnc(C[C@@H]2CCNC2)n1CC1CC1. The predicted molar refractivity (Wildman–Crippen MR) is 64.4 cm³/mol. The molecule has 3 heteroatoms. The van der Waals surface area contributed by atoms with E-state index in [0.29, 0.717) is 0 Å². The highest BCUT2D eigenvalue weighted by Crippen LogP contribution is 2.31. The van der Waals surface area contributed by atoms with Crippen molar-refractivity contribution < 1.29 is 0 Å². The van der Waals surface area contributed by atoms with Crippen LogP contribution in [-0.4, -0.2) is 22.6 Å². The molecule has 3 nitrogen and oxygen atoms in total. The molecule has 88 valence electrons. The first-order chi connectivity index (χ1) is 7.83. The van der Waals surface area contributed by atoms with E-state index in [1.807, 2.05) is 6.20 Å². The number of hydrogen-bond acceptors (Lipinski definition) is 2. The lowest BCUT2D eigenvalue weighted by Gasteiger charge is -2.12. The molecule has 0 unspecified atom stereocenters. The summed E-state index contributed by atoms with van der Waals surface area (Å²) in [6.45, 7) is 5.76. The van der Waals surface area contributed by atoms with Gasteiger partial charge in [0.15, 0.2) is 0 Å². The Balaban J connectivity index is 1.71. The van der Waals surface area contributed by atoms with Crippen molar-refractivity contribution in [2.45, 2.75) is 39.2 Å². The van der Waals surface area contributed by atoms with E-state index in [9.17, 15) is 0 Å². The summed E-state index contributed by atoms with van der Waals surface area (Å²) in [5.41, 5.74) is 1.34. The minimum atomic E-state index is 0.805. The van der Waals surface area contributed by atoms with Gasteiger partial charge in [-0.2, -0.15) is 0 Å². The maximum Gasteiger partial charge on any atom is 0.109 e. The van der Waals surface area contributed by atoms with Crippen LogP contribution in [-0.2, 0) is 13.0 Å². The van der Waals surface area contributed by atoms with Crippen molar-refractivity contribution in [1.29, 1.82) is 0 Å². The van der Waals surface area contributed by atoms with Gasteiger partial charge in [0, 0.05) is 24.9 Å². The van der Waals surface area contributed by atoms with Gasteiger partial charge in [-0.3, -0.25) is 0 Å². The van der Waals surface area contributed by atoms with Crippen LogP contribution < -0.4 is 5.32 Å². The summed E-state index contributed by atoms with van der Waals surface area (Å²) in [6, 6.07) is 0. The van der Waals surface area contributed by atoms with Gasteiger partial charge >= 0.3 is 0 Å². The molecular formula is C13H21N3. The molecule has 1 saturated carbocycles. The van der Waals surface area contributed by atoms with E-state index in [1.54, 1.807) is 0 Å². The average Bonchev–Trinajstić information content (AvgIpc) is 2.84. The quantitative estimate of drug-likeness (QED) is 0.836. The van der Waals surface area contributed by atoms with Gasteiger partial charge in [-0.1, -0.05) is 0 Å². The second-order valence-electron chi connectivity index (χ2n) is 5.43. The highest BCUT2D eigenvalue weighted by Gasteiger charge is 2.24. The summed E-state index contributed by atoms with van der Waals surface area (Å²) >= 11 is 0. The molecule has 1 atom stereocenters. The normalized spacial score (nSPS) is 25.2. The van der Waals surface area contributed by atoms with Crippen LogP contribution in [0, 0.1) is 18.8 Å². The largest absolute Gasteiger partial charge is 0.332 e. The summed E-state index contributed by atoms with van der Waals surface area (Å²) in [7, 11) is 0. The van der Waals surface area contributed by atoms with Crippen molar-refractivity contribution in [1.82, 2.24) is 14.9 Å². The molecule has 0 aromatic carbocycles. The summed E-state index contributed by atoms with van der Waals surface area (Å²) in [4.78, 5) is 4.60. The molecule has 1 saturated heterocycles. The molecule has 2 fully saturated rings. The Bertz CT molecular complexity index is 359. The second kappa shape index (κ2) is 4.21. The van der Waals surface area contributed by atoms with E-state index in [1.165, 1.54) is 50.4 Å². The molecule has 0 amide bonds. The summed E-state index contributed by atoms with van der Waals surface area (Å²) in [5, 5.41) is 3.43. The maximum atomic E-state index is 4.60. The third kappa shape index (κ3) is 2.14. The molecule has 0 spiro atoms. The van der Waals surface area contributed by atoms with Gasteiger partial charge in [-0.05, 0) is 51.1 Å². The van der Waals surface area contributed by atoms with Gasteiger partial charge in [0.1, 0.15) is 5.82 Å². The van der Waals surface area contributed by atoms with E-state index >= 15 is 0 Å². The molecule has 0 bridgehead atoms. The zero-order chi connectivity index (χ0) is 11.0. The van der Waals surface area contributed by atoms with Gasteiger partial charge in [-0.25, -0.2) is 4.98 Å². The maximum absolute atomic E-state index is 4.60. The minimum Gasteiger partial charge on any atom is -0.332 e. The predicted octanol–water partition coefficient (Wildman–Crippen LogP) is 1.75. The Morgan fingerprint density at radius 3 is 2.94 bits per heavy atom. The molecular weight excluding hydrogens is 198 g/mol. The molecule has 1 aliphatic carbocycles. The number of rotatable bonds is 4. The molecule has 1 N–H and O–H groups in total. The van der Waals surface area contributed by atoms with Crippen molar-refractivity contribution in [2.75, 3.05) is 13.1 Å². The fourth-order valence-corrected chi connectivity index (χ4v) is 2.63. The highest BCUT2D eigenvalue weighted by molar-refractivity contribution is 5.05. The van der Waals surface area contributed by atoms with Crippen molar-refractivity contribution in [3.63, 3.8) is 0 Å². The van der Waals surface area contributed by atoms with Gasteiger partial charge in [0.25, 0.3) is 0 Å². The third-order valence-electron chi connectivity index (χ3n) is 3.91. The van der Waals surface area contributed by atoms with E-state index in [4.69, 9.17) is 0 Å². The molecule has 1 aromatic heterocycles. The van der Waals surface area contributed by atoms with Crippen LogP contribution in [0.15, 0.2) is 6.20 Å². The minimum absolute atomic E-state index is 0.805. The topological polar surface area (TPSA) is 29.9 Å². The Morgan fingerprint density at radius 2 is 2.25 bits per heavy atom. The number of hydrogen-bond donors (Lipinski definition) is 1. The lowest BCUT2D eigenvalue weighted by Crippen LogP contribution is -2.15. The number of aromatic nitrogens is 2.